The molecule has 0 bridgehead atoms. The van der Waals surface area contributed by atoms with Crippen LogP contribution in [0.4, 0.5) is 13.2 Å². The highest BCUT2D eigenvalue weighted by atomic mass is 35.5. The summed E-state index contributed by atoms with van der Waals surface area (Å²) in [4.78, 5) is 17.1. The predicted octanol–water partition coefficient (Wildman–Crippen LogP) is 3.05. The lowest BCUT2D eigenvalue weighted by Crippen LogP contribution is -2.34. The number of aromatic nitrogens is 1. The van der Waals surface area contributed by atoms with Crippen LogP contribution in [0, 0.1) is 11.3 Å². The summed E-state index contributed by atoms with van der Waals surface area (Å²) in [7, 11) is 1.51. The first-order chi connectivity index (χ1) is 10.2. The Kier molecular flexibility index (Phi) is 6.00. The van der Waals surface area contributed by atoms with Crippen LogP contribution in [0.25, 0.3) is 0 Å². The van der Waals surface area contributed by atoms with Gasteiger partial charge in [-0.3, -0.25) is 4.79 Å². The van der Waals surface area contributed by atoms with Crippen LogP contribution in [-0.4, -0.2) is 41.7 Å². The standard InChI is InChI=1S/C13H13ClF3N3O2/c1-8(3-4-18)20(2)12(21)9-5-10(14)11(19-6-9)22-7-13(15,16)17/h5-6,8H,3,7H2,1-2H3/t8-/m0/s1. The highest BCUT2D eigenvalue weighted by Gasteiger charge is 2.29. The molecule has 120 valence electrons. The first kappa shape index (κ1) is 18.0. The van der Waals surface area contributed by atoms with Crippen LogP contribution in [0.2, 0.25) is 5.02 Å². The van der Waals surface area contributed by atoms with E-state index in [9.17, 15) is 18.0 Å². The van der Waals surface area contributed by atoms with Crippen molar-refractivity contribution in [3.63, 3.8) is 0 Å². The number of hydrogen-bond donors (Lipinski definition) is 0. The van der Waals surface area contributed by atoms with Gasteiger partial charge in [-0.15, -0.1) is 0 Å². The van der Waals surface area contributed by atoms with E-state index in [1.54, 1.807) is 6.92 Å². The van der Waals surface area contributed by atoms with E-state index in [0.717, 1.165) is 6.20 Å². The molecule has 5 nitrogen and oxygen atoms in total. The number of ether oxygens (including phenoxy) is 1. The summed E-state index contributed by atoms with van der Waals surface area (Å²) in [6, 6.07) is 2.80. The molecule has 0 spiro atoms. The van der Waals surface area contributed by atoms with Gasteiger partial charge < -0.3 is 9.64 Å². The van der Waals surface area contributed by atoms with Gasteiger partial charge in [-0.25, -0.2) is 4.98 Å². The molecule has 0 aromatic carbocycles. The zero-order valence-electron chi connectivity index (χ0n) is 11.8. The topological polar surface area (TPSA) is 66.2 Å². The fraction of sp³-hybridized carbons (Fsp3) is 0.462. The van der Waals surface area contributed by atoms with Crippen molar-refractivity contribution in [2.24, 2.45) is 0 Å². The molecule has 22 heavy (non-hydrogen) atoms. The summed E-state index contributed by atoms with van der Waals surface area (Å²) in [5.41, 5.74) is 0.0941. The lowest BCUT2D eigenvalue weighted by atomic mass is 10.2. The third-order valence-electron chi connectivity index (χ3n) is 2.80. The zero-order valence-corrected chi connectivity index (χ0v) is 12.6. The average molecular weight is 336 g/mol. The average Bonchev–Trinajstić information content (AvgIpc) is 2.43. The van der Waals surface area contributed by atoms with E-state index in [4.69, 9.17) is 16.9 Å². The predicted molar refractivity (Wildman–Crippen MR) is 72.6 cm³/mol. The Hall–Kier alpha value is -2.01. The van der Waals surface area contributed by atoms with Gasteiger partial charge >= 0.3 is 6.18 Å². The second kappa shape index (κ2) is 7.31. The number of carbonyl (C=O) groups is 1. The van der Waals surface area contributed by atoms with E-state index in [2.05, 4.69) is 9.72 Å². The first-order valence-electron chi connectivity index (χ1n) is 6.15. The summed E-state index contributed by atoms with van der Waals surface area (Å²) in [5, 5.41) is 8.42. The minimum atomic E-state index is -4.51. The van der Waals surface area contributed by atoms with Gasteiger partial charge in [0.2, 0.25) is 5.88 Å². The molecule has 0 fully saturated rings. The van der Waals surface area contributed by atoms with Crippen molar-refractivity contribution in [2.75, 3.05) is 13.7 Å². The zero-order chi connectivity index (χ0) is 16.9. The largest absolute Gasteiger partial charge is 0.467 e. The number of rotatable bonds is 5. The molecule has 0 unspecified atom stereocenters. The third-order valence-corrected chi connectivity index (χ3v) is 3.07. The highest BCUT2D eigenvalue weighted by Crippen LogP contribution is 2.25. The summed E-state index contributed by atoms with van der Waals surface area (Å²) in [6.45, 7) is 0.170. The van der Waals surface area contributed by atoms with E-state index < -0.39 is 24.6 Å². The summed E-state index contributed by atoms with van der Waals surface area (Å²) < 4.78 is 40.6. The Balaban J connectivity index is 2.84. The Morgan fingerprint density at radius 3 is 2.73 bits per heavy atom. The fourth-order valence-corrected chi connectivity index (χ4v) is 1.69. The van der Waals surface area contributed by atoms with Gasteiger partial charge in [0.25, 0.3) is 5.91 Å². The molecule has 1 heterocycles. The first-order valence-corrected chi connectivity index (χ1v) is 6.52. The van der Waals surface area contributed by atoms with Gasteiger partial charge in [0.05, 0.1) is 18.1 Å². The molecule has 0 aliphatic heterocycles. The van der Waals surface area contributed by atoms with Gasteiger partial charge in [0, 0.05) is 19.3 Å². The van der Waals surface area contributed by atoms with Gasteiger partial charge in [0.15, 0.2) is 6.61 Å². The van der Waals surface area contributed by atoms with Crippen LogP contribution >= 0.6 is 11.6 Å². The smallest absolute Gasteiger partial charge is 0.422 e. The van der Waals surface area contributed by atoms with Crippen molar-refractivity contribution in [3.8, 4) is 11.9 Å². The number of carbonyl (C=O) groups excluding carboxylic acids is 1. The lowest BCUT2D eigenvalue weighted by molar-refractivity contribution is -0.154. The molecule has 1 rings (SSSR count). The van der Waals surface area contributed by atoms with Crippen LogP contribution in [0.3, 0.4) is 0 Å². The number of nitriles is 1. The third kappa shape index (κ3) is 5.07. The number of pyridine rings is 1. The van der Waals surface area contributed by atoms with Gasteiger partial charge in [-0.2, -0.15) is 18.4 Å². The van der Waals surface area contributed by atoms with Gasteiger partial charge in [-0.05, 0) is 13.0 Å². The molecule has 0 aliphatic carbocycles. The van der Waals surface area contributed by atoms with Crippen LogP contribution in [0.5, 0.6) is 5.88 Å². The van der Waals surface area contributed by atoms with E-state index in [-0.39, 0.29) is 23.0 Å². The lowest BCUT2D eigenvalue weighted by Gasteiger charge is -2.23. The molecule has 0 saturated carbocycles. The van der Waals surface area contributed by atoms with Crippen molar-refractivity contribution in [3.05, 3.63) is 22.8 Å². The molecule has 1 amide bonds. The molecule has 9 heteroatoms. The molecule has 0 saturated heterocycles. The second-order valence-electron chi connectivity index (χ2n) is 4.54. The van der Waals surface area contributed by atoms with Crippen molar-refractivity contribution in [1.82, 2.24) is 9.88 Å². The minimum absolute atomic E-state index is 0.0941. The van der Waals surface area contributed by atoms with Gasteiger partial charge in [-0.1, -0.05) is 11.6 Å². The highest BCUT2D eigenvalue weighted by molar-refractivity contribution is 6.32. The number of halogens is 4. The number of nitrogens with zero attached hydrogens (tertiary/aromatic N) is 3. The number of amides is 1. The maximum atomic E-state index is 12.1. The molecule has 1 atom stereocenters. The molecule has 1 aromatic heterocycles. The number of alkyl halides is 3. The summed E-state index contributed by atoms with van der Waals surface area (Å²) >= 11 is 5.77. The number of hydrogen-bond acceptors (Lipinski definition) is 4. The molecule has 0 N–H and O–H groups in total. The summed E-state index contributed by atoms with van der Waals surface area (Å²) in [5.74, 6) is -0.845. The SMILES string of the molecule is C[C@@H](CC#N)N(C)C(=O)c1cnc(OCC(F)(F)F)c(Cl)c1. The van der Waals surface area contributed by atoms with E-state index in [1.807, 2.05) is 6.07 Å². The fourth-order valence-electron chi connectivity index (χ4n) is 1.47. The van der Waals surface area contributed by atoms with E-state index in [1.165, 1.54) is 18.0 Å². The Labute approximate surface area is 130 Å². The quantitative estimate of drug-likeness (QED) is 0.829. The van der Waals surface area contributed by atoms with Crippen LogP contribution in [0.15, 0.2) is 12.3 Å². The second-order valence-corrected chi connectivity index (χ2v) is 4.95. The van der Waals surface area contributed by atoms with Crippen molar-refractivity contribution >= 4 is 17.5 Å². The minimum Gasteiger partial charge on any atom is -0.467 e. The normalized spacial score (nSPS) is 12.4. The monoisotopic (exact) mass is 335 g/mol. The van der Waals surface area contributed by atoms with Crippen molar-refractivity contribution in [1.29, 1.82) is 5.26 Å². The maximum Gasteiger partial charge on any atom is 0.422 e. The Bertz CT molecular complexity index is 587. The molecular weight excluding hydrogens is 323 g/mol. The van der Waals surface area contributed by atoms with Crippen LogP contribution in [0.1, 0.15) is 23.7 Å². The van der Waals surface area contributed by atoms with Gasteiger partial charge in [0.1, 0.15) is 5.02 Å². The molecule has 0 aliphatic rings. The van der Waals surface area contributed by atoms with E-state index in [0.29, 0.717) is 0 Å². The van der Waals surface area contributed by atoms with Crippen molar-refractivity contribution in [2.45, 2.75) is 25.6 Å². The maximum absolute atomic E-state index is 12.1. The molecule has 0 radical (unpaired) electrons. The molecular formula is C13H13ClF3N3O2. The van der Waals surface area contributed by atoms with Crippen LogP contribution < -0.4 is 4.74 Å². The van der Waals surface area contributed by atoms with Crippen LogP contribution in [-0.2, 0) is 0 Å². The molecule has 1 aromatic rings. The van der Waals surface area contributed by atoms with E-state index >= 15 is 0 Å². The Morgan fingerprint density at radius 1 is 1.59 bits per heavy atom. The van der Waals surface area contributed by atoms with Crippen molar-refractivity contribution < 1.29 is 22.7 Å². The summed E-state index contributed by atoms with van der Waals surface area (Å²) in [6.07, 6.45) is -3.28. The Morgan fingerprint density at radius 2 is 2.23 bits per heavy atom.